The van der Waals surface area contributed by atoms with Crippen molar-refractivity contribution in [3.05, 3.63) is 63.8 Å². The molecule has 29 heavy (non-hydrogen) atoms. The van der Waals surface area contributed by atoms with E-state index >= 15 is 0 Å². The molecule has 156 valence electrons. The zero-order chi connectivity index (χ0) is 21.2. The highest BCUT2D eigenvalue weighted by Crippen LogP contribution is 2.28. The van der Waals surface area contributed by atoms with Gasteiger partial charge in [0.2, 0.25) is 0 Å². The molecule has 1 amide bonds. The van der Waals surface area contributed by atoms with E-state index in [2.05, 4.69) is 50.8 Å². The van der Waals surface area contributed by atoms with Gasteiger partial charge in [-0.3, -0.25) is 14.7 Å². The zero-order valence-corrected chi connectivity index (χ0v) is 18.9. The van der Waals surface area contributed by atoms with Crippen LogP contribution in [0.4, 0.5) is 0 Å². The van der Waals surface area contributed by atoms with E-state index in [0.29, 0.717) is 12.2 Å². The van der Waals surface area contributed by atoms with Crippen molar-refractivity contribution in [2.24, 2.45) is 11.6 Å². The van der Waals surface area contributed by atoms with Crippen molar-refractivity contribution in [2.75, 3.05) is 13.1 Å². The number of nitrogens with two attached hydrogens (primary N) is 2. The number of carbonyl (C=O) groups excluding carboxylic acids is 1. The lowest BCUT2D eigenvalue weighted by atomic mass is 10.2. The zero-order valence-electron chi connectivity index (χ0n) is 15.7. The fraction of sp³-hybridized carbons (Fsp3) is 0.167. The van der Waals surface area contributed by atoms with E-state index in [1.165, 1.54) is 40.1 Å². The van der Waals surface area contributed by atoms with Gasteiger partial charge in [0.15, 0.2) is 0 Å². The Morgan fingerprint density at radius 2 is 2.14 bits per heavy atom. The quantitative estimate of drug-likeness (QED) is 0.127. The van der Waals surface area contributed by atoms with Gasteiger partial charge in [0.05, 0.1) is 8.00 Å². The molecule has 0 saturated heterocycles. The Kier molecular flexibility index (Phi) is 9.51. The Hall–Kier alpha value is -2.02. The number of aromatic amines is 1. The number of H-pyrrole nitrogens is 1. The standard InChI is InChI=1S/C9H14BrN5O2S2.C9H9N/c10-7-1-2-9(18-7)19-13-3-6(11)4-15(12)5-8(16)14-17;1-7-6-10-9-5-3-2-4-8(7)9/h1-2,4,13,17H,3,5,11-12H2,(H,14,16);2-6,10H,1H3/b6-4-;. The molecule has 8 N–H and O–H groups in total. The van der Waals surface area contributed by atoms with Gasteiger partial charge in [0.1, 0.15) is 6.54 Å². The summed E-state index contributed by atoms with van der Waals surface area (Å²) in [5.41, 5.74) is 10.2. The molecule has 0 radical (unpaired) electrons. The number of hydrazine groups is 1. The summed E-state index contributed by atoms with van der Waals surface area (Å²) < 4.78 is 5.23. The molecule has 8 nitrogen and oxygen atoms in total. The molecule has 2 aromatic heterocycles. The first kappa shape index (κ1) is 23.3. The summed E-state index contributed by atoms with van der Waals surface area (Å²) in [5, 5.41) is 10.7. The van der Waals surface area contributed by atoms with E-state index in [9.17, 15) is 4.79 Å². The second-order valence-corrected chi connectivity index (χ2v) is 9.56. The Morgan fingerprint density at radius 3 is 2.79 bits per heavy atom. The molecule has 11 heteroatoms. The number of nitrogens with zero attached hydrogens (tertiary/aromatic N) is 1. The van der Waals surface area contributed by atoms with Crippen LogP contribution in [-0.2, 0) is 4.79 Å². The number of thiophene rings is 1. The first-order chi connectivity index (χ1) is 13.9. The highest BCUT2D eigenvalue weighted by molar-refractivity contribution is 9.11. The minimum atomic E-state index is -0.614. The van der Waals surface area contributed by atoms with Crippen LogP contribution in [0, 0.1) is 6.92 Å². The van der Waals surface area contributed by atoms with Crippen molar-refractivity contribution in [3.8, 4) is 0 Å². The summed E-state index contributed by atoms with van der Waals surface area (Å²) in [6, 6.07) is 12.3. The molecular weight excluding hydrogens is 476 g/mol. The Labute approximate surface area is 185 Å². The molecule has 0 bridgehead atoms. The number of fused-ring (bicyclic) bond motifs is 1. The van der Waals surface area contributed by atoms with Crippen LogP contribution >= 0.6 is 39.2 Å². The summed E-state index contributed by atoms with van der Waals surface area (Å²) >= 11 is 6.44. The lowest BCUT2D eigenvalue weighted by molar-refractivity contribution is -0.129. The number of hydrogen-bond acceptors (Lipinski definition) is 8. The third-order valence-electron chi connectivity index (χ3n) is 3.58. The second-order valence-electron chi connectivity index (χ2n) is 5.91. The molecule has 3 aromatic rings. The number of hydroxylamine groups is 1. The predicted molar refractivity (Wildman–Crippen MR) is 122 cm³/mol. The minimum Gasteiger partial charge on any atom is -0.400 e. The molecule has 0 aliphatic heterocycles. The van der Waals surface area contributed by atoms with E-state index in [4.69, 9.17) is 16.8 Å². The molecule has 0 aliphatic carbocycles. The normalized spacial score (nSPS) is 11.1. The summed E-state index contributed by atoms with van der Waals surface area (Å²) in [6.07, 6.45) is 3.46. The van der Waals surface area contributed by atoms with Gasteiger partial charge in [-0.1, -0.05) is 18.2 Å². The minimum absolute atomic E-state index is 0.178. The van der Waals surface area contributed by atoms with Gasteiger partial charge in [-0.05, 0) is 58.6 Å². The van der Waals surface area contributed by atoms with Crippen LogP contribution < -0.4 is 21.8 Å². The van der Waals surface area contributed by atoms with Gasteiger partial charge in [-0.15, -0.1) is 11.3 Å². The van der Waals surface area contributed by atoms with Crippen molar-refractivity contribution < 1.29 is 10.0 Å². The Balaban J connectivity index is 0.000000248. The topological polar surface area (TPSA) is 132 Å². The van der Waals surface area contributed by atoms with E-state index < -0.39 is 5.91 Å². The number of aromatic nitrogens is 1. The van der Waals surface area contributed by atoms with E-state index in [0.717, 1.165) is 13.0 Å². The van der Waals surface area contributed by atoms with Crippen LogP contribution in [-0.4, -0.2) is 34.2 Å². The Morgan fingerprint density at radius 1 is 1.38 bits per heavy atom. The second kappa shape index (κ2) is 11.9. The third kappa shape index (κ3) is 8.09. The number of aryl methyl sites for hydroxylation is 1. The summed E-state index contributed by atoms with van der Waals surface area (Å²) in [6.45, 7) is 2.34. The van der Waals surface area contributed by atoms with Crippen LogP contribution in [0.3, 0.4) is 0 Å². The van der Waals surface area contributed by atoms with Crippen LogP contribution in [0.5, 0.6) is 0 Å². The van der Waals surface area contributed by atoms with Gasteiger partial charge >= 0.3 is 0 Å². The number of para-hydroxylation sites is 1. The van der Waals surface area contributed by atoms with Crippen molar-refractivity contribution in [1.29, 1.82) is 0 Å². The van der Waals surface area contributed by atoms with Crippen molar-refractivity contribution >= 4 is 56.0 Å². The van der Waals surface area contributed by atoms with Crippen molar-refractivity contribution in [3.63, 3.8) is 0 Å². The maximum absolute atomic E-state index is 10.8. The van der Waals surface area contributed by atoms with Gasteiger partial charge in [0, 0.05) is 35.5 Å². The average Bonchev–Trinajstić information content (AvgIpc) is 3.28. The number of halogens is 1. The van der Waals surface area contributed by atoms with Gasteiger partial charge in [-0.2, -0.15) is 0 Å². The maximum Gasteiger partial charge on any atom is 0.264 e. The van der Waals surface area contributed by atoms with E-state index in [-0.39, 0.29) is 6.54 Å². The third-order valence-corrected chi connectivity index (χ3v) is 6.12. The van der Waals surface area contributed by atoms with Gasteiger partial charge < -0.3 is 15.7 Å². The molecule has 0 fully saturated rings. The number of benzene rings is 1. The highest BCUT2D eigenvalue weighted by Gasteiger charge is 2.03. The highest BCUT2D eigenvalue weighted by atomic mass is 79.9. The van der Waals surface area contributed by atoms with Crippen LogP contribution in [0.1, 0.15) is 5.56 Å². The number of amides is 1. The largest absolute Gasteiger partial charge is 0.400 e. The maximum atomic E-state index is 10.8. The molecule has 3 rings (SSSR count). The fourth-order valence-corrected chi connectivity index (χ4v) is 4.84. The molecule has 0 unspecified atom stereocenters. The molecular formula is C18H23BrN6O2S2. The van der Waals surface area contributed by atoms with E-state index in [1.807, 2.05) is 24.4 Å². The smallest absolute Gasteiger partial charge is 0.264 e. The van der Waals surface area contributed by atoms with Crippen LogP contribution in [0.2, 0.25) is 0 Å². The molecule has 0 saturated carbocycles. The SMILES string of the molecule is Cc1c[nH]c2ccccc12.N/C(=C\N(N)CC(=O)NO)CNSc1ccc(Br)s1. The van der Waals surface area contributed by atoms with Crippen LogP contribution in [0.25, 0.3) is 10.9 Å². The number of nitrogens with one attached hydrogen (secondary N) is 3. The predicted octanol–water partition coefficient (Wildman–Crippen LogP) is 3.06. The average molecular weight is 499 g/mol. The number of rotatable bonds is 7. The van der Waals surface area contributed by atoms with Crippen molar-refractivity contribution in [1.82, 2.24) is 20.2 Å². The fourth-order valence-electron chi connectivity index (χ4n) is 2.27. The first-order valence-corrected chi connectivity index (χ1v) is 10.9. The van der Waals surface area contributed by atoms with Crippen molar-refractivity contribution in [2.45, 2.75) is 11.1 Å². The molecule has 1 aromatic carbocycles. The summed E-state index contributed by atoms with van der Waals surface area (Å²) in [4.78, 5) is 14.0. The lowest BCUT2D eigenvalue weighted by Gasteiger charge is -2.13. The molecule has 2 heterocycles. The molecule has 0 atom stereocenters. The first-order valence-electron chi connectivity index (χ1n) is 8.47. The molecule has 0 aliphatic rings. The number of hydrogen-bond donors (Lipinski definition) is 6. The van der Waals surface area contributed by atoms with E-state index in [1.54, 1.807) is 11.3 Å². The lowest BCUT2D eigenvalue weighted by Crippen LogP contribution is -2.37. The summed E-state index contributed by atoms with van der Waals surface area (Å²) in [7, 11) is 0. The van der Waals surface area contributed by atoms with Gasteiger partial charge in [0.25, 0.3) is 5.91 Å². The Bertz CT molecular complexity index is 959. The number of carbonyl (C=O) groups is 1. The van der Waals surface area contributed by atoms with Gasteiger partial charge in [-0.25, -0.2) is 11.3 Å². The monoisotopic (exact) mass is 498 g/mol. The van der Waals surface area contributed by atoms with Crippen LogP contribution in [0.15, 0.2) is 62.5 Å². The molecule has 0 spiro atoms. The summed E-state index contributed by atoms with van der Waals surface area (Å²) in [5.74, 6) is 4.89.